The zero-order chi connectivity index (χ0) is 14.9. The van der Waals surface area contributed by atoms with E-state index in [1.54, 1.807) is 10.7 Å². The van der Waals surface area contributed by atoms with Gasteiger partial charge in [0.2, 0.25) is 0 Å². The van der Waals surface area contributed by atoms with Gasteiger partial charge in [-0.05, 0) is 46.7 Å². The number of benzene rings is 1. The summed E-state index contributed by atoms with van der Waals surface area (Å²) < 4.78 is 2.70. The van der Waals surface area contributed by atoms with Crippen LogP contribution in [0.5, 0.6) is 0 Å². The van der Waals surface area contributed by atoms with Crippen LogP contribution in [0.25, 0.3) is 0 Å². The molecule has 0 aliphatic heterocycles. The first kappa shape index (κ1) is 16.1. The van der Waals surface area contributed by atoms with Gasteiger partial charge in [0.15, 0.2) is 0 Å². The van der Waals surface area contributed by atoms with Crippen molar-refractivity contribution in [3.63, 3.8) is 0 Å². The van der Waals surface area contributed by atoms with E-state index in [4.69, 9.17) is 23.2 Å². The highest BCUT2D eigenvalue weighted by Crippen LogP contribution is 2.28. The maximum Gasteiger partial charge on any atom is 0.0850 e. The van der Waals surface area contributed by atoms with Gasteiger partial charge in [0.05, 0.1) is 27.5 Å². The van der Waals surface area contributed by atoms with Crippen molar-refractivity contribution in [1.82, 2.24) is 9.78 Å². The van der Waals surface area contributed by atoms with E-state index in [9.17, 15) is 5.11 Å². The molecular formula is C14H15Cl2IN2O. The molecule has 3 nitrogen and oxygen atoms in total. The van der Waals surface area contributed by atoms with Crippen LogP contribution >= 0.6 is 45.8 Å². The topological polar surface area (TPSA) is 38.0 Å². The number of aliphatic hydroxyl groups excluding tert-OH is 1. The Hall–Kier alpha value is -0.300. The standard InChI is InChI=1S/C14H15Cl2IN2O/c1-3-11-14(16)12(19(2)18-11)7-13(20)8-4-5-10(17)9(15)6-8/h4-6,13,20H,3,7H2,1-2H3. The second kappa shape index (κ2) is 6.64. The molecule has 0 aliphatic carbocycles. The number of rotatable bonds is 4. The van der Waals surface area contributed by atoms with E-state index >= 15 is 0 Å². The van der Waals surface area contributed by atoms with Crippen LogP contribution in [0.1, 0.15) is 30.0 Å². The molecule has 1 unspecified atom stereocenters. The van der Waals surface area contributed by atoms with Crippen LogP contribution in [-0.2, 0) is 19.9 Å². The zero-order valence-corrected chi connectivity index (χ0v) is 14.9. The van der Waals surface area contributed by atoms with E-state index in [-0.39, 0.29) is 0 Å². The molecule has 0 fully saturated rings. The third-order valence-electron chi connectivity index (χ3n) is 3.22. The van der Waals surface area contributed by atoms with Gasteiger partial charge in [-0.1, -0.05) is 36.2 Å². The van der Waals surface area contributed by atoms with Gasteiger partial charge < -0.3 is 5.11 Å². The van der Waals surface area contributed by atoms with E-state index in [0.717, 1.165) is 26.9 Å². The maximum atomic E-state index is 10.4. The summed E-state index contributed by atoms with van der Waals surface area (Å²) in [5.74, 6) is 0. The van der Waals surface area contributed by atoms with Crippen molar-refractivity contribution in [3.8, 4) is 0 Å². The van der Waals surface area contributed by atoms with Crippen molar-refractivity contribution in [2.45, 2.75) is 25.9 Å². The van der Waals surface area contributed by atoms with Crippen molar-refractivity contribution < 1.29 is 5.11 Å². The summed E-state index contributed by atoms with van der Waals surface area (Å²) >= 11 is 14.5. The van der Waals surface area contributed by atoms with Gasteiger partial charge in [-0.2, -0.15) is 5.10 Å². The number of halogens is 3. The molecule has 1 aromatic heterocycles. The second-order valence-corrected chi connectivity index (χ2v) is 6.53. The van der Waals surface area contributed by atoms with Crippen LogP contribution in [0.15, 0.2) is 18.2 Å². The number of nitrogens with zero attached hydrogens (tertiary/aromatic N) is 2. The van der Waals surface area contributed by atoms with Gasteiger partial charge in [-0.3, -0.25) is 4.68 Å². The third-order valence-corrected chi connectivity index (χ3v) is 5.23. The lowest BCUT2D eigenvalue weighted by atomic mass is 10.0. The van der Waals surface area contributed by atoms with E-state index in [2.05, 4.69) is 27.7 Å². The first-order chi connectivity index (χ1) is 9.43. The predicted octanol–water partition coefficient (Wildman–Crippen LogP) is 4.17. The van der Waals surface area contributed by atoms with E-state index in [0.29, 0.717) is 16.5 Å². The summed E-state index contributed by atoms with van der Waals surface area (Å²) in [6.07, 6.45) is 0.541. The molecule has 1 aromatic carbocycles. The summed E-state index contributed by atoms with van der Waals surface area (Å²) in [6, 6.07) is 5.56. The summed E-state index contributed by atoms with van der Waals surface area (Å²) in [4.78, 5) is 0. The van der Waals surface area contributed by atoms with Gasteiger partial charge in [0, 0.05) is 17.0 Å². The Morgan fingerprint density at radius 3 is 2.65 bits per heavy atom. The Bertz CT molecular complexity index is 628. The quantitative estimate of drug-likeness (QED) is 0.748. The van der Waals surface area contributed by atoms with Crippen LogP contribution in [0.2, 0.25) is 10.0 Å². The lowest BCUT2D eigenvalue weighted by molar-refractivity contribution is 0.176. The largest absolute Gasteiger partial charge is 0.388 e. The summed E-state index contributed by atoms with van der Waals surface area (Å²) in [7, 11) is 1.84. The van der Waals surface area contributed by atoms with Gasteiger partial charge in [0.1, 0.15) is 0 Å². The smallest absolute Gasteiger partial charge is 0.0850 e. The molecule has 0 saturated heterocycles. The average Bonchev–Trinajstić information content (AvgIpc) is 2.69. The molecule has 0 aliphatic rings. The van der Waals surface area contributed by atoms with E-state index in [1.807, 2.05) is 26.1 Å². The third kappa shape index (κ3) is 3.30. The number of hydrogen-bond acceptors (Lipinski definition) is 2. The van der Waals surface area contributed by atoms with E-state index < -0.39 is 6.10 Å². The lowest BCUT2D eigenvalue weighted by Crippen LogP contribution is -2.07. The van der Waals surface area contributed by atoms with Gasteiger partial charge >= 0.3 is 0 Å². The zero-order valence-electron chi connectivity index (χ0n) is 11.2. The Kier molecular flexibility index (Phi) is 5.34. The van der Waals surface area contributed by atoms with Crippen molar-refractivity contribution >= 4 is 45.8 Å². The van der Waals surface area contributed by atoms with Crippen molar-refractivity contribution in [3.05, 3.63) is 48.8 Å². The van der Waals surface area contributed by atoms with Crippen LogP contribution in [0.3, 0.4) is 0 Å². The minimum atomic E-state index is -0.651. The first-order valence-corrected chi connectivity index (χ1v) is 8.10. The van der Waals surface area contributed by atoms with Crippen LogP contribution in [-0.4, -0.2) is 14.9 Å². The number of aryl methyl sites for hydroxylation is 2. The Morgan fingerprint density at radius 2 is 2.10 bits per heavy atom. The summed E-state index contributed by atoms with van der Waals surface area (Å²) in [5, 5.41) is 16.0. The predicted molar refractivity (Wildman–Crippen MR) is 90.4 cm³/mol. The fraction of sp³-hybridized carbons (Fsp3) is 0.357. The van der Waals surface area contributed by atoms with Gasteiger partial charge in [-0.15, -0.1) is 0 Å². The first-order valence-electron chi connectivity index (χ1n) is 6.27. The molecular weight excluding hydrogens is 410 g/mol. The lowest BCUT2D eigenvalue weighted by Gasteiger charge is -2.12. The number of aliphatic hydroxyl groups is 1. The molecule has 20 heavy (non-hydrogen) atoms. The highest BCUT2D eigenvalue weighted by molar-refractivity contribution is 14.1. The van der Waals surface area contributed by atoms with Crippen molar-refractivity contribution in [2.75, 3.05) is 0 Å². The minimum Gasteiger partial charge on any atom is -0.388 e. The van der Waals surface area contributed by atoms with Gasteiger partial charge in [0.25, 0.3) is 0 Å². The molecule has 108 valence electrons. The normalized spacial score (nSPS) is 12.7. The fourth-order valence-electron chi connectivity index (χ4n) is 2.06. The molecule has 2 aromatic rings. The molecule has 0 radical (unpaired) electrons. The maximum absolute atomic E-state index is 10.4. The Balaban J connectivity index is 2.25. The highest BCUT2D eigenvalue weighted by Gasteiger charge is 2.18. The molecule has 1 heterocycles. The highest BCUT2D eigenvalue weighted by atomic mass is 127. The van der Waals surface area contributed by atoms with Gasteiger partial charge in [-0.25, -0.2) is 0 Å². The van der Waals surface area contributed by atoms with Crippen LogP contribution < -0.4 is 0 Å². The minimum absolute atomic E-state index is 0.416. The average molecular weight is 425 g/mol. The SMILES string of the molecule is CCc1nn(C)c(CC(O)c2ccc(I)c(Cl)c2)c1Cl. The molecule has 6 heteroatoms. The molecule has 1 atom stereocenters. The summed E-state index contributed by atoms with van der Waals surface area (Å²) in [5.41, 5.74) is 2.48. The van der Waals surface area contributed by atoms with E-state index in [1.165, 1.54) is 0 Å². The molecule has 0 spiro atoms. The van der Waals surface area contributed by atoms with Crippen molar-refractivity contribution in [2.24, 2.45) is 7.05 Å². The fourth-order valence-corrected chi connectivity index (χ4v) is 2.96. The molecule has 0 saturated carbocycles. The number of hydrogen-bond donors (Lipinski definition) is 1. The van der Waals surface area contributed by atoms with Crippen LogP contribution in [0, 0.1) is 3.57 Å². The Morgan fingerprint density at radius 1 is 1.40 bits per heavy atom. The Labute approximate surface area is 142 Å². The monoisotopic (exact) mass is 424 g/mol. The molecule has 0 bridgehead atoms. The number of aromatic nitrogens is 2. The second-order valence-electron chi connectivity index (χ2n) is 4.58. The molecule has 2 rings (SSSR count). The van der Waals surface area contributed by atoms with Crippen LogP contribution in [0.4, 0.5) is 0 Å². The molecule has 0 amide bonds. The molecule has 1 N–H and O–H groups in total. The summed E-state index contributed by atoms with van der Waals surface area (Å²) in [6.45, 7) is 2.01. The van der Waals surface area contributed by atoms with Crippen molar-refractivity contribution in [1.29, 1.82) is 0 Å².